The molecule has 9 nitrogen and oxygen atoms in total. The summed E-state index contributed by atoms with van der Waals surface area (Å²) >= 11 is 0. The van der Waals surface area contributed by atoms with Crippen LogP contribution in [0.2, 0.25) is 0 Å². The van der Waals surface area contributed by atoms with Crippen molar-refractivity contribution in [2.24, 2.45) is 0 Å². The van der Waals surface area contributed by atoms with Gasteiger partial charge in [-0.3, -0.25) is 23.5 Å². The summed E-state index contributed by atoms with van der Waals surface area (Å²) in [5.41, 5.74) is 3.07. The Labute approximate surface area is 237 Å². The van der Waals surface area contributed by atoms with Crippen molar-refractivity contribution >= 4 is 28.4 Å². The maximum absolute atomic E-state index is 13.7. The smallest absolute Gasteiger partial charge is 0.332 e. The number of aromatic nitrogens is 2. The topological polar surface area (TPSA) is 111 Å². The molecule has 9 heteroatoms. The first-order valence-corrected chi connectivity index (χ1v) is 13.9. The Balaban J connectivity index is 1.47. The van der Waals surface area contributed by atoms with Crippen LogP contribution in [-0.2, 0) is 29.0 Å². The minimum atomic E-state index is -0.615. The van der Waals surface area contributed by atoms with Crippen molar-refractivity contribution in [3.05, 3.63) is 110 Å². The highest BCUT2D eigenvalue weighted by Gasteiger charge is 2.22. The van der Waals surface area contributed by atoms with Gasteiger partial charge in [-0.15, -0.1) is 0 Å². The first-order chi connectivity index (χ1) is 19.8. The van der Waals surface area contributed by atoms with Gasteiger partial charge in [0.05, 0.1) is 23.6 Å². The van der Waals surface area contributed by atoms with Gasteiger partial charge in [-0.2, -0.15) is 0 Å². The van der Waals surface area contributed by atoms with Gasteiger partial charge in [0, 0.05) is 24.4 Å². The SMILES string of the molecule is Cc1ccc(C)c(NC(=O)Cn2c(=O)n(CC3CCCO3)c(=O)c3ccc(C(=O)NCCc4ccccc4)cc32)c1. The minimum absolute atomic E-state index is 0.105. The predicted octanol–water partition coefficient (Wildman–Crippen LogP) is 3.57. The van der Waals surface area contributed by atoms with Crippen LogP contribution in [0.25, 0.3) is 10.9 Å². The third-order valence-corrected chi connectivity index (χ3v) is 7.41. The molecule has 0 spiro atoms. The third-order valence-electron chi connectivity index (χ3n) is 7.41. The van der Waals surface area contributed by atoms with Gasteiger partial charge in [0.15, 0.2) is 0 Å². The van der Waals surface area contributed by atoms with Crippen LogP contribution in [0.3, 0.4) is 0 Å². The van der Waals surface area contributed by atoms with E-state index in [4.69, 9.17) is 4.74 Å². The normalized spacial score (nSPS) is 14.7. The number of carbonyl (C=O) groups excluding carboxylic acids is 2. The average Bonchev–Trinajstić information content (AvgIpc) is 3.49. The highest BCUT2D eigenvalue weighted by molar-refractivity contribution is 5.98. The Kier molecular flexibility index (Phi) is 8.45. The quantitative estimate of drug-likeness (QED) is 0.329. The van der Waals surface area contributed by atoms with Crippen molar-refractivity contribution in [3.8, 4) is 0 Å². The summed E-state index contributed by atoms with van der Waals surface area (Å²) in [6.45, 7) is 4.61. The molecular formula is C32H34N4O5. The maximum atomic E-state index is 13.7. The molecule has 5 rings (SSSR count). The Morgan fingerprint density at radius 1 is 0.976 bits per heavy atom. The third kappa shape index (κ3) is 6.47. The number of rotatable bonds is 9. The summed E-state index contributed by atoms with van der Waals surface area (Å²) in [7, 11) is 0. The van der Waals surface area contributed by atoms with Crippen molar-refractivity contribution < 1.29 is 14.3 Å². The zero-order valence-corrected chi connectivity index (χ0v) is 23.3. The van der Waals surface area contributed by atoms with Crippen LogP contribution in [0.15, 0.2) is 76.3 Å². The number of fused-ring (bicyclic) bond motifs is 1. The van der Waals surface area contributed by atoms with Crippen LogP contribution in [0.5, 0.6) is 0 Å². The van der Waals surface area contributed by atoms with Crippen LogP contribution >= 0.6 is 0 Å². The van der Waals surface area contributed by atoms with Gasteiger partial charge in [-0.05, 0) is 74.1 Å². The molecule has 2 amide bonds. The van der Waals surface area contributed by atoms with Crippen molar-refractivity contribution in [2.45, 2.75) is 52.3 Å². The van der Waals surface area contributed by atoms with Crippen LogP contribution in [0.1, 0.15) is 39.9 Å². The van der Waals surface area contributed by atoms with Gasteiger partial charge >= 0.3 is 5.69 Å². The molecule has 0 aliphatic carbocycles. The number of nitrogens with one attached hydrogen (secondary N) is 2. The number of carbonyl (C=O) groups is 2. The Hall–Kier alpha value is -4.50. The number of hydrogen-bond donors (Lipinski definition) is 2. The van der Waals surface area contributed by atoms with E-state index in [2.05, 4.69) is 10.6 Å². The van der Waals surface area contributed by atoms with Gasteiger partial charge in [0.25, 0.3) is 11.5 Å². The fourth-order valence-corrected chi connectivity index (χ4v) is 5.13. The maximum Gasteiger partial charge on any atom is 0.332 e. The van der Waals surface area contributed by atoms with Crippen LogP contribution in [-0.4, -0.2) is 40.2 Å². The molecule has 3 aromatic carbocycles. The summed E-state index contributed by atoms with van der Waals surface area (Å²) in [5.74, 6) is -0.743. The summed E-state index contributed by atoms with van der Waals surface area (Å²) < 4.78 is 8.10. The highest BCUT2D eigenvalue weighted by atomic mass is 16.5. The predicted molar refractivity (Wildman–Crippen MR) is 158 cm³/mol. The van der Waals surface area contributed by atoms with Crippen LogP contribution < -0.4 is 21.9 Å². The van der Waals surface area contributed by atoms with Crippen molar-refractivity contribution in [3.63, 3.8) is 0 Å². The summed E-state index contributed by atoms with van der Waals surface area (Å²) in [6.07, 6.45) is 2.03. The molecule has 0 saturated carbocycles. The lowest BCUT2D eigenvalue weighted by Crippen LogP contribution is -2.43. The number of amides is 2. The molecule has 41 heavy (non-hydrogen) atoms. The molecule has 0 radical (unpaired) electrons. The summed E-state index contributed by atoms with van der Waals surface area (Å²) in [6, 6.07) is 20.2. The van der Waals surface area contributed by atoms with E-state index < -0.39 is 17.2 Å². The van der Waals surface area contributed by atoms with E-state index >= 15 is 0 Å². The first-order valence-electron chi connectivity index (χ1n) is 13.9. The van der Waals surface area contributed by atoms with Crippen LogP contribution in [0, 0.1) is 13.8 Å². The molecular weight excluding hydrogens is 520 g/mol. The van der Waals surface area contributed by atoms with Gasteiger partial charge < -0.3 is 15.4 Å². The second-order valence-electron chi connectivity index (χ2n) is 10.5. The zero-order chi connectivity index (χ0) is 28.9. The molecule has 1 saturated heterocycles. The van der Waals surface area contributed by atoms with Gasteiger partial charge in [0.1, 0.15) is 6.54 Å². The number of ether oxygens (including phenoxy) is 1. The number of hydrogen-bond acceptors (Lipinski definition) is 5. The zero-order valence-electron chi connectivity index (χ0n) is 23.3. The monoisotopic (exact) mass is 554 g/mol. The molecule has 1 unspecified atom stereocenters. The second kappa shape index (κ2) is 12.3. The lowest BCUT2D eigenvalue weighted by Gasteiger charge is -2.17. The van der Waals surface area contributed by atoms with E-state index in [1.807, 2.05) is 62.4 Å². The molecule has 1 aliphatic heterocycles. The largest absolute Gasteiger partial charge is 0.376 e. The van der Waals surface area contributed by atoms with E-state index in [0.717, 1.165) is 34.1 Å². The number of anilines is 1. The Morgan fingerprint density at radius 2 is 1.78 bits per heavy atom. The fourth-order valence-electron chi connectivity index (χ4n) is 5.13. The summed E-state index contributed by atoms with van der Waals surface area (Å²) in [4.78, 5) is 53.4. The Morgan fingerprint density at radius 3 is 2.54 bits per heavy atom. The lowest BCUT2D eigenvalue weighted by molar-refractivity contribution is -0.116. The van der Waals surface area contributed by atoms with Crippen LogP contribution in [0.4, 0.5) is 5.69 Å². The first kappa shape index (κ1) is 28.0. The molecule has 0 bridgehead atoms. The number of nitrogens with zero attached hydrogens (tertiary/aromatic N) is 2. The van der Waals surface area contributed by atoms with Crippen molar-refractivity contribution in [1.82, 2.24) is 14.5 Å². The Bertz CT molecular complexity index is 1700. The van der Waals surface area contributed by atoms with E-state index in [0.29, 0.717) is 30.8 Å². The van der Waals surface area contributed by atoms with Gasteiger partial charge in [-0.25, -0.2) is 4.79 Å². The van der Waals surface area contributed by atoms with E-state index in [9.17, 15) is 19.2 Å². The van der Waals surface area contributed by atoms with Crippen molar-refractivity contribution in [1.29, 1.82) is 0 Å². The molecule has 1 atom stereocenters. The average molecular weight is 555 g/mol. The standard InChI is InChI=1S/C32H34N4O5/c1-21-10-11-22(2)27(17-21)34-29(37)20-35-28-18-24(30(38)33-15-14-23-7-4-3-5-8-23)12-13-26(28)31(39)36(32(35)40)19-25-9-6-16-41-25/h3-5,7-8,10-13,17-18,25H,6,9,14-16,19-20H2,1-2H3,(H,33,38)(H,34,37). The van der Waals surface area contributed by atoms with E-state index in [1.54, 1.807) is 12.1 Å². The molecule has 1 aliphatic rings. The molecule has 1 aromatic heterocycles. The summed E-state index contributed by atoms with van der Waals surface area (Å²) in [5, 5.41) is 6.04. The fraction of sp³-hybridized carbons (Fsp3) is 0.312. The number of benzene rings is 3. The number of aryl methyl sites for hydroxylation is 2. The molecule has 1 fully saturated rings. The molecule has 212 valence electrons. The minimum Gasteiger partial charge on any atom is -0.376 e. The van der Waals surface area contributed by atoms with E-state index in [1.165, 1.54) is 10.6 Å². The van der Waals surface area contributed by atoms with Gasteiger partial charge in [0.2, 0.25) is 5.91 Å². The molecule has 2 N–H and O–H groups in total. The lowest BCUT2D eigenvalue weighted by atomic mass is 10.1. The van der Waals surface area contributed by atoms with E-state index in [-0.39, 0.29) is 36.0 Å². The highest BCUT2D eigenvalue weighted by Crippen LogP contribution is 2.18. The van der Waals surface area contributed by atoms with Gasteiger partial charge in [-0.1, -0.05) is 42.5 Å². The van der Waals surface area contributed by atoms with Crippen molar-refractivity contribution in [2.75, 3.05) is 18.5 Å². The molecule has 2 heterocycles. The molecule has 4 aromatic rings. The second-order valence-corrected chi connectivity index (χ2v) is 10.5.